The number of carbonyl (C=O) groups excluding carboxylic acids is 1. The fourth-order valence-electron chi connectivity index (χ4n) is 4.01. The van der Waals surface area contributed by atoms with Crippen LogP contribution in [0.5, 0.6) is 11.5 Å². The summed E-state index contributed by atoms with van der Waals surface area (Å²) < 4.78 is 16.2. The van der Waals surface area contributed by atoms with Crippen molar-refractivity contribution >= 4 is 11.8 Å². The summed E-state index contributed by atoms with van der Waals surface area (Å²) in [5.74, 6) is 1.28. The molecule has 0 aliphatic heterocycles. The number of methoxy groups -OCH3 is 2. The zero-order chi connectivity index (χ0) is 25.3. The molecule has 4 aromatic rings. The molecule has 0 aliphatic rings. The Bertz CT molecular complexity index is 1310. The number of carbonyl (C=O) groups is 1. The van der Waals surface area contributed by atoms with Gasteiger partial charge in [0, 0.05) is 17.7 Å². The minimum absolute atomic E-state index is 0.251. The largest absolute Gasteiger partial charge is 0.493 e. The topological polar surface area (TPSA) is 82.6 Å². The third-order valence-corrected chi connectivity index (χ3v) is 5.72. The third-order valence-electron chi connectivity index (χ3n) is 5.72. The Kier molecular flexibility index (Phi) is 8.13. The van der Waals surface area contributed by atoms with E-state index in [1.165, 1.54) is 0 Å². The molecule has 184 valence electrons. The van der Waals surface area contributed by atoms with Gasteiger partial charge in [0.05, 0.1) is 20.8 Å². The van der Waals surface area contributed by atoms with Crippen LogP contribution in [0.4, 0.5) is 5.82 Å². The van der Waals surface area contributed by atoms with E-state index < -0.39 is 5.97 Å². The smallest absolute Gasteiger partial charge is 0.342 e. The van der Waals surface area contributed by atoms with Crippen molar-refractivity contribution in [1.82, 2.24) is 10.2 Å². The van der Waals surface area contributed by atoms with Crippen LogP contribution in [-0.2, 0) is 11.2 Å². The van der Waals surface area contributed by atoms with Gasteiger partial charge in [-0.25, -0.2) is 4.79 Å². The van der Waals surface area contributed by atoms with E-state index in [0.29, 0.717) is 47.1 Å². The van der Waals surface area contributed by atoms with Gasteiger partial charge >= 0.3 is 5.97 Å². The fraction of sp³-hybridized carbons (Fsp3) is 0.207. The van der Waals surface area contributed by atoms with Crippen LogP contribution in [-0.4, -0.2) is 43.5 Å². The van der Waals surface area contributed by atoms with Gasteiger partial charge in [-0.3, -0.25) is 0 Å². The van der Waals surface area contributed by atoms with Gasteiger partial charge in [0.15, 0.2) is 17.3 Å². The van der Waals surface area contributed by atoms with Crippen LogP contribution in [0.3, 0.4) is 0 Å². The molecule has 7 heteroatoms. The Morgan fingerprint density at radius 2 is 1.50 bits per heavy atom. The van der Waals surface area contributed by atoms with Gasteiger partial charge < -0.3 is 19.5 Å². The number of benzene rings is 3. The van der Waals surface area contributed by atoms with E-state index in [9.17, 15) is 4.79 Å². The molecule has 0 fully saturated rings. The molecule has 0 saturated heterocycles. The van der Waals surface area contributed by atoms with E-state index in [0.717, 1.165) is 16.7 Å². The maximum Gasteiger partial charge on any atom is 0.342 e. The molecule has 0 bridgehead atoms. The number of aromatic nitrogens is 2. The number of hydrogen-bond acceptors (Lipinski definition) is 7. The van der Waals surface area contributed by atoms with E-state index in [2.05, 4.69) is 15.5 Å². The highest BCUT2D eigenvalue weighted by Gasteiger charge is 2.25. The minimum atomic E-state index is -0.447. The number of nitrogens with zero attached hydrogens (tertiary/aromatic N) is 2. The van der Waals surface area contributed by atoms with Crippen molar-refractivity contribution in [2.75, 3.05) is 32.7 Å². The molecule has 0 aliphatic carbocycles. The van der Waals surface area contributed by atoms with Crippen LogP contribution >= 0.6 is 0 Å². The van der Waals surface area contributed by atoms with Gasteiger partial charge in [0.2, 0.25) is 0 Å². The molecule has 4 rings (SSSR count). The van der Waals surface area contributed by atoms with Crippen LogP contribution in [0, 0.1) is 0 Å². The highest BCUT2D eigenvalue weighted by molar-refractivity contribution is 6.05. The molecule has 3 aromatic carbocycles. The third kappa shape index (κ3) is 5.46. The second-order valence-electron chi connectivity index (χ2n) is 7.97. The number of esters is 1. The second-order valence-corrected chi connectivity index (χ2v) is 7.97. The van der Waals surface area contributed by atoms with Crippen LogP contribution in [0.15, 0.2) is 78.9 Å². The molecular formula is C29H29N3O4. The first-order valence-electron chi connectivity index (χ1n) is 11.8. The molecule has 1 N–H and O–H groups in total. The first-order valence-corrected chi connectivity index (χ1v) is 11.8. The lowest BCUT2D eigenvalue weighted by Crippen LogP contribution is -2.16. The van der Waals surface area contributed by atoms with Crippen molar-refractivity contribution in [3.8, 4) is 33.9 Å². The van der Waals surface area contributed by atoms with Crippen LogP contribution in [0.1, 0.15) is 22.8 Å². The zero-order valence-corrected chi connectivity index (χ0v) is 20.7. The second kappa shape index (κ2) is 11.8. The van der Waals surface area contributed by atoms with E-state index in [-0.39, 0.29) is 6.61 Å². The highest BCUT2D eigenvalue weighted by atomic mass is 16.5. The fourth-order valence-corrected chi connectivity index (χ4v) is 4.01. The molecule has 7 nitrogen and oxygen atoms in total. The predicted octanol–water partition coefficient (Wildman–Crippen LogP) is 5.66. The molecular weight excluding hydrogens is 454 g/mol. The molecule has 0 amide bonds. The van der Waals surface area contributed by atoms with Crippen LogP contribution in [0.25, 0.3) is 22.4 Å². The predicted molar refractivity (Wildman–Crippen MR) is 141 cm³/mol. The van der Waals surface area contributed by atoms with Crippen molar-refractivity contribution in [2.24, 2.45) is 0 Å². The summed E-state index contributed by atoms with van der Waals surface area (Å²) in [5.41, 5.74) is 4.45. The SMILES string of the molecule is CCOC(=O)c1c(NCCc2ccc(OC)c(OC)c2)nnc(-c2ccccc2)c1-c1ccccc1. The van der Waals surface area contributed by atoms with Crippen LogP contribution < -0.4 is 14.8 Å². The molecule has 0 saturated carbocycles. The normalized spacial score (nSPS) is 10.5. The summed E-state index contributed by atoms with van der Waals surface area (Å²) in [6, 6.07) is 25.2. The first-order chi connectivity index (χ1) is 17.7. The molecule has 36 heavy (non-hydrogen) atoms. The zero-order valence-electron chi connectivity index (χ0n) is 20.7. The van der Waals surface area contributed by atoms with Gasteiger partial charge in [-0.05, 0) is 36.6 Å². The Hall–Kier alpha value is -4.39. The Labute approximate surface area is 211 Å². The van der Waals surface area contributed by atoms with Crippen molar-refractivity contribution < 1.29 is 19.0 Å². The van der Waals surface area contributed by atoms with Gasteiger partial charge in [0.1, 0.15) is 11.3 Å². The number of ether oxygens (including phenoxy) is 3. The quantitative estimate of drug-likeness (QED) is 0.292. The maximum atomic E-state index is 13.3. The number of anilines is 1. The Morgan fingerprint density at radius 1 is 0.833 bits per heavy atom. The van der Waals surface area contributed by atoms with Crippen molar-refractivity contribution in [3.05, 3.63) is 90.0 Å². The average molecular weight is 484 g/mol. The molecule has 1 heterocycles. The molecule has 0 spiro atoms. The van der Waals surface area contributed by atoms with E-state index >= 15 is 0 Å². The Morgan fingerprint density at radius 3 is 2.14 bits per heavy atom. The van der Waals surface area contributed by atoms with E-state index in [1.54, 1.807) is 21.1 Å². The summed E-state index contributed by atoms with van der Waals surface area (Å²) in [5, 5.41) is 12.3. The summed E-state index contributed by atoms with van der Waals surface area (Å²) in [6.45, 7) is 2.56. The molecule has 1 aromatic heterocycles. The number of hydrogen-bond donors (Lipinski definition) is 1. The number of rotatable bonds is 10. The van der Waals surface area contributed by atoms with Gasteiger partial charge in [-0.1, -0.05) is 66.7 Å². The van der Waals surface area contributed by atoms with Gasteiger partial charge in [-0.2, -0.15) is 0 Å². The standard InChI is InChI=1S/C29H29N3O4/c1-4-36-29(33)26-25(21-11-7-5-8-12-21)27(22-13-9-6-10-14-22)31-32-28(26)30-18-17-20-15-16-23(34-2)24(19-20)35-3/h5-16,19H,4,17-18H2,1-3H3,(H,30,32). The van der Waals surface area contributed by atoms with Crippen molar-refractivity contribution in [1.29, 1.82) is 0 Å². The lowest BCUT2D eigenvalue weighted by atomic mass is 9.95. The Balaban J connectivity index is 1.73. The van der Waals surface area contributed by atoms with Crippen LogP contribution in [0.2, 0.25) is 0 Å². The summed E-state index contributed by atoms with van der Waals surface area (Å²) in [4.78, 5) is 13.3. The van der Waals surface area contributed by atoms with Gasteiger partial charge in [0.25, 0.3) is 0 Å². The maximum absolute atomic E-state index is 13.3. The van der Waals surface area contributed by atoms with Gasteiger partial charge in [-0.15, -0.1) is 10.2 Å². The summed E-state index contributed by atoms with van der Waals surface area (Å²) in [6.07, 6.45) is 0.672. The summed E-state index contributed by atoms with van der Waals surface area (Å²) in [7, 11) is 3.22. The van der Waals surface area contributed by atoms with Crippen molar-refractivity contribution in [2.45, 2.75) is 13.3 Å². The van der Waals surface area contributed by atoms with Crippen molar-refractivity contribution in [3.63, 3.8) is 0 Å². The molecule has 0 radical (unpaired) electrons. The highest BCUT2D eigenvalue weighted by Crippen LogP contribution is 2.36. The lowest BCUT2D eigenvalue weighted by molar-refractivity contribution is 0.0528. The average Bonchev–Trinajstić information content (AvgIpc) is 2.93. The van der Waals surface area contributed by atoms with E-state index in [1.807, 2.05) is 78.9 Å². The monoisotopic (exact) mass is 483 g/mol. The summed E-state index contributed by atoms with van der Waals surface area (Å²) >= 11 is 0. The lowest BCUT2D eigenvalue weighted by Gasteiger charge is -2.17. The minimum Gasteiger partial charge on any atom is -0.493 e. The first kappa shape index (κ1) is 24.7. The number of nitrogens with one attached hydrogen (secondary N) is 1. The molecule has 0 unspecified atom stereocenters. The van der Waals surface area contributed by atoms with E-state index in [4.69, 9.17) is 14.2 Å². The molecule has 0 atom stereocenters.